The van der Waals surface area contributed by atoms with Crippen LogP contribution < -0.4 is 34.2 Å². The van der Waals surface area contributed by atoms with Gasteiger partial charge in [0.25, 0.3) is 0 Å². The van der Waals surface area contributed by atoms with Gasteiger partial charge in [0, 0.05) is 32.2 Å². The molecule has 3 heterocycles. The van der Waals surface area contributed by atoms with E-state index in [1.165, 1.54) is 25.7 Å². The van der Waals surface area contributed by atoms with Gasteiger partial charge in [-0.15, -0.1) is 6.58 Å². The van der Waals surface area contributed by atoms with Gasteiger partial charge in [0.1, 0.15) is 19.0 Å². The SMILES string of the molecule is C=CCc1ccc(OCCOc2c(Br)cc(/C=N\Nc3cc(N4CCCC4)nc(N4CCCC4)n3)cc2OC)c(OC)c1. The van der Waals surface area contributed by atoms with Gasteiger partial charge in [0.15, 0.2) is 28.8 Å². The highest BCUT2D eigenvalue weighted by molar-refractivity contribution is 9.10. The summed E-state index contributed by atoms with van der Waals surface area (Å²) in [5.74, 6) is 4.89. The van der Waals surface area contributed by atoms with Crippen LogP contribution in [0.4, 0.5) is 17.6 Å². The van der Waals surface area contributed by atoms with Crippen LogP contribution in [0.15, 0.2) is 58.6 Å². The number of ether oxygens (including phenoxy) is 4. The molecule has 0 saturated carbocycles. The number of nitrogens with one attached hydrogen (secondary N) is 1. The number of hydrazone groups is 1. The monoisotopic (exact) mass is 650 g/mol. The van der Waals surface area contributed by atoms with Crippen LogP contribution >= 0.6 is 15.9 Å². The first-order chi connectivity index (χ1) is 21.1. The van der Waals surface area contributed by atoms with Crippen LogP contribution in [0.2, 0.25) is 0 Å². The average Bonchev–Trinajstić information content (AvgIpc) is 3.76. The Morgan fingerprint density at radius 1 is 0.884 bits per heavy atom. The van der Waals surface area contributed by atoms with Gasteiger partial charge in [-0.25, -0.2) is 0 Å². The van der Waals surface area contributed by atoms with Gasteiger partial charge in [-0.05, 0) is 83.4 Å². The van der Waals surface area contributed by atoms with Crippen molar-refractivity contribution in [1.82, 2.24) is 9.97 Å². The molecule has 0 radical (unpaired) electrons. The summed E-state index contributed by atoms with van der Waals surface area (Å²) >= 11 is 3.62. The number of rotatable bonds is 14. The lowest BCUT2D eigenvalue weighted by molar-refractivity contribution is 0.205. The average molecular weight is 652 g/mol. The van der Waals surface area contributed by atoms with Crippen molar-refractivity contribution in [2.24, 2.45) is 5.10 Å². The quantitative estimate of drug-likeness (QED) is 0.0963. The summed E-state index contributed by atoms with van der Waals surface area (Å²) in [6, 6.07) is 11.6. The van der Waals surface area contributed by atoms with E-state index in [1.54, 1.807) is 20.4 Å². The summed E-state index contributed by atoms with van der Waals surface area (Å²) < 4.78 is 23.8. The number of hydrogen-bond acceptors (Lipinski definition) is 10. The Kier molecular flexibility index (Phi) is 10.6. The highest BCUT2D eigenvalue weighted by Gasteiger charge is 2.20. The van der Waals surface area contributed by atoms with E-state index in [2.05, 4.69) is 42.8 Å². The van der Waals surface area contributed by atoms with Gasteiger partial charge >= 0.3 is 0 Å². The molecule has 0 bridgehead atoms. The van der Waals surface area contributed by atoms with E-state index in [4.69, 9.17) is 28.9 Å². The van der Waals surface area contributed by atoms with E-state index in [-0.39, 0.29) is 0 Å². The van der Waals surface area contributed by atoms with Crippen LogP contribution in [0.3, 0.4) is 0 Å². The smallest absolute Gasteiger partial charge is 0.229 e. The first-order valence-corrected chi connectivity index (χ1v) is 15.5. The first kappa shape index (κ1) is 30.5. The number of anilines is 3. The van der Waals surface area contributed by atoms with Crippen molar-refractivity contribution >= 4 is 39.7 Å². The largest absolute Gasteiger partial charge is 0.493 e. The summed E-state index contributed by atoms with van der Waals surface area (Å²) in [6.07, 6.45) is 9.07. The topological polar surface area (TPSA) is 93.6 Å². The molecule has 0 atom stereocenters. The molecule has 228 valence electrons. The molecule has 43 heavy (non-hydrogen) atoms. The molecule has 3 aromatic rings. The van der Waals surface area contributed by atoms with Crippen LogP contribution in [-0.4, -0.2) is 69.8 Å². The summed E-state index contributed by atoms with van der Waals surface area (Å²) in [6.45, 7) is 8.44. The Morgan fingerprint density at radius 3 is 2.33 bits per heavy atom. The van der Waals surface area contributed by atoms with Gasteiger partial charge in [-0.1, -0.05) is 12.1 Å². The lowest BCUT2D eigenvalue weighted by atomic mass is 10.1. The second-order valence-electron chi connectivity index (χ2n) is 10.4. The molecule has 1 N–H and O–H groups in total. The second kappa shape index (κ2) is 15.0. The molecule has 1 aromatic heterocycles. The predicted octanol–water partition coefficient (Wildman–Crippen LogP) is 6.09. The molecular formula is C32H39BrN6O4. The molecule has 2 aromatic carbocycles. The fraction of sp³-hybridized carbons (Fsp3) is 0.406. The first-order valence-electron chi connectivity index (χ1n) is 14.7. The van der Waals surface area contributed by atoms with E-state index < -0.39 is 0 Å². The minimum atomic E-state index is 0.313. The fourth-order valence-electron chi connectivity index (χ4n) is 5.19. The highest BCUT2D eigenvalue weighted by atomic mass is 79.9. The maximum atomic E-state index is 6.03. The number of hydrogen-bond donors (Lipinski definition) is 1. The second-order valence-corrected chi connectivity index (χ2v) is 11.2. The maximum Gasteiger partial charge on any atom is 0.229 e. The standard InChI is InChI=1S/C32H39BrN6O4/c1-4-9-23-10-11-26(27(19-23)40-2)42-16-17-43-31-25(33)18-24(20-28(31)41-3)22-34-37-29-21-30(38-12-5-6-13-38)36-32(35-29)39-14-7-8-15-39/h4,10-11,18-22H,1,5-9,12-17H2,2-3H3,(H,35,36,37)/b34-22-. The van der Waals surface area contributed by atoms with Crippen LogP contribution in [-0.2, 0) is 6.42 Å². The third kappa shape index (κ3) is 7.90. The van der Waals surface area contributed by atoms with E-state index in [0.29, 0.717) is 42.0 Å². The van der Waals surface area contributed by atoms with Gasteiger partial charge in [0.05, 0.1) is 24.9 Å². The van der Waals surface area contributed by atoms with Crippen LogP contribution in [0.1, 0.15) is 36.8 Å². The third-order valence-electron chi connectivity index (χ3n) is 7.36. The number of nitrogens with zero attached hydrogens (tertiary/aromatic N) is 5. The summed E-state index contributed by atoms with van der Waals surface area (Å²) in [5.41, 5.74) is 5.06. The van der Waals surface area contributed by atoms with Crippen molar-refractivity contribution in [1.29, 1.82) is 0 Å². The Balaban J connectivity index is 1.21. The summed E-state index contributed by atoms with van der Waals surface area (Å²) in [4.78, 5) is 14.2. The normalized spacial score (nSPS) is 14.8. The van der Waals surface area contributed by atoms with Gasteiger partial charge in [-0.2, -0.15) is 15.1 Å². The van der Waals surface area contributed by atoms with Crippen LogP contribution in [0.5, 0.6) is 23.0 Å². The zero-order valence-corrected chi connectivity index (χ0v) is 26.4. The zero-order chi connectivity index (χ0) is 30.0. The minimum absolute atomic E-state index is 0.313. The zero-order valence-electron chi connectivity index (χ0n) is 24.9. The van der Waals surface area contributed by atoms with Crippen molar-refractivity contribution < 1.29 is 18.9 Å². The van der Waals surface area contributed by atoms with Crippen molar-refractivity contribution in [2.45, 2.75) is 32.1 Å². The van der Waals surface area contributed by atoms with E-state index in [0.717, 1.165) is 60.0 Å². The molecule has 0 aliphatic carbocycles. The minimum Gasteiger partial charge on any atom is -0.493 e. The predicted molar refractivity (Wildman–Crippen MR) is 175 cm³/mol. The number of allylic oxidation sites excluding steroid dienone is 1. The van der Waals surface area contributed by atoms with Crippen molar-refractivity contribution in [3.05, 3.63) is 64.7 Å². The highest BCUT2D eigenvalue weighted by Crippen LogP contribution is 2.36. The fourth-order valence-corrected chi connectivity index (χ4v) is 5.77. The van der Waals surface area contributed by atoms with Crippen molar-refractivity contribution in [3.63, 3.8) is 0 Å². The molecule has 10 nitrogen and oxygen atoms in total. The van der Waals surface area contributed by atoms with Crippen LogP contribution in [0.25, 0.3) is 0 Å². The molecule has 11 heteroatoms. The Bertz CT molecular complexity index is 1390. The number of halogens is 1. The summed E-state index contributed by atoms with van der Waals surface area (Å²) in [7, 11) is 3.24. The van der Waals surface area contributed by atoms with E-state index >= 15 is 0 Å². The van der Waals surface area contributed by atoms with Crippen molar-refractivity contribution in [3.8, 4) is 23.0 Å². The molecule has 0 spiro atoms. The van der Waals surface area contributed by atoms with Gasteiger partial charge in [-0.3, -0.25) is 5.43 Å². The van der Waals surface area contributed by atoms with Crippen LogP contribution in [0, 0.1) is 0 Å². The molecule has 5 rings (SSSR count). The Labute approximate surface area is 261 Å². The molecule has 2 aliphatic rings. The van der Waals surface area contributed by atoms with Gasteiger partial charge in [0.2, 0.25) is 5.95 Å². The van der Waals surface area contributed by atoms with Crippen molar-refractivity contribution in [2.75, 3.05) is 68.8 Å². The van der Waals surface area contributed by atoms with E-state index in [9.17, 15) is 0 Å². The lowest BCUT2D eigenvalue weighted by Gasteiger charge is -2.21. The Morgan fingerprint density at radius 2 is 1.60 bits per heavy atom. The number of aromatic nitrogens is 2. The molecule has 2 saturated heterocycles. The molecule has 0 unspecified atom stereocenters. The molecular weight excluding hydrogens is 612 g/mol. The number of methoxy groups -OCH3 is 2. The molecule has 2 aliphatic heterocycles. The number of benzene rings is 2. The van der Waals surface area contributed by atoms with E-state index in [1.807, 2.05) is 42.5 Å². The maximum absolute atomic E-state index is 6.03. The van der Waals surface area contributed by atoms with Gasteiger partial charge < -0.3 is 28.7 Å². The lowest BCUT2D eigenvalue weighted by Crippen LogP contribution is -2.24. The molecule has 2 fully saturated rings. The third-order valence-corrected chi connectivity index (χ3v) is 7.95. The summed E-state index contributed by atoms with van der Waals surface area (Å²) in [5, 5.41) is 4.48. The Hall–Kier alpha value is -3.99. The molecule has 0 amide bonds.